The molecule has 8 heterocycles. The number of ether oxygens (including phenoxy) is 2. The molecule has 9 atom stereocenters. The fourth-order valence-electron chi connectivity index (χ4n) is 5.92. The molecule has 236 valence electrons. The van der Waals surface area contributed by atoms with Crippen LogP contribution < -0.4 is 17.0 Å². The monoisotopic (exact) mass is 645 g/mol. The van der Waals surface area contributed by atoms with Crippen molar-refractivity contribution in [3.05, 3.63) is 41.2 Å². The number of nitrogen functional groups attached to an aromatic ring is 2. The Morgan fingerprint density at radius 1 is 0.978 bits per heavy atom. The van der Waals surface area contributed by atoms with Gasteiger partial charge in [-0.25, -0.2) is 29.2 Å². The van der Waals surface area contributed by atoms with Crippen molar-refractivity contribution in [3.8, 4) is 0 Å². The quantitative estimate of drug-likeness (QED) is 0.108. The van der Waals surface area contributed by atoms with Crippen LogP contribution >= 0.6 is 7.82 Å². The highest BCUT2D eigenvalue weighted by Gasteiger charge is 2.52. The van der Waals surface area contributed by atoms with Crippen LogP contribution in [0.4, 0.5) is 11.8 Å². The van der Waals surface area contributed by atoms with Crippen LogP contribution in [0.15, 0.2) is 30.0 Å². The largest absolute Gasteiger partial charge is 0.472 e. The Labute approximate surface area is 249 Å². The highest BCUT2D eigenvalue weighted by atomic mass is 31.2. The molecular weight excluding hydrogens is 621 g/mol. The number of imidazole rings is 2. The minimum Gasteiger partial charge on any atom is -0.388 e. The van der Waals surface area contributed by atoms with Gasteiger partial charge in [-0.2, -0.15) is 4.98 Å². The van der Waals surface area contributed by atoms with Gasteiger partial charge in [0.25, 0.3) is 5.56 Å². The molecule has 22 nitrogen and oxygen atoms in total. The Balaban J connectivity index is 1.17. The van der Waals surface area contributed by atoms with Crippen molar-refractivity contribution >= 4 is 41.9 Å². The number of aliphatic hydroxyl groups excluding tert-OH is 2. The Morgan fingerprint density at radius 3 is 2.56 bits per heavy atom. The summed E-state index contributed by atoms with van der Waals surface area (Å²) < 4.78 is 40.3. The maximum absolute atomic E-state index is 13.2. The normalized spacial score (nSPS) is 33.6. The van der Waals surface area contributed by atoms with E-state index in [0.717, 1.165) is 0 Å². The Kier molecular flexibility index (Phi) is 6.27. The third kappa shape index (κ3) is 4.49. The second-order valence-corrected chi connectivity index (χ2v) is 12.1. The van der Waals surface area contributed by atoms with Gasteiger partial charge in [0.05, 0.1) is 31.1 Å². The van der Waals surface area contributed by atoms with Gasteiger partial charge in [-0.1, -0.05) is 5.21 Å². The molecule has 8 rings (SSSR count). The number of nitrogens with one attached hydrogen (secondary N) is 1. The molecule has 5 aromatic heterocycles. The van der Waals surface area contributed by atoms with Crippen molar-refractivity contribution in [1.82, 2.24) is 54.0 Å². The molecule has 2 fully saturated rings. The molecule has 0 saturated carbocycles. The molecular formula is C22H24N13O9P. The molecule has 0 aliphatic carbocycles. The SMILES string of the molecule is Nc1nc2c(ncn2[C@@H]2O[C@@H]3COP(=O)(O)OC4C(O)[C@H](n5cnc6c(N)ncnc65)O[C@@H]4Cc4cn(nn4)C2C3O)c(=O)[nH]1. The van der Waals surface area contributed by atoms with Crippen molar-refractivity contribution in [2.24, 2.45) is 0 Å². The molecule has 3 aliphatic rings. The first-order chi connectivity index (χ1) is 21.6. The topological polar surface area (TPSA) is 305 Å². The molecule has 45 heavy (non-hydrogen) atoms. The molecule has 5 unspecified atom stereocenters. The lowest BCUT2D eigenvalue weighted by molar-refractivity contribution is -0.0513. The fourth-order valence-corrected chi connectivity index (χ4v) is 6.89. The molecule has 0 spiro atoms. The van der Waals surface area contributed by atoms with Gasteiger partial charge < -0.3 is 36.0 Å². The summed E-state index contributed by atoms with van der Waals surface area (Å²) in [6.07, 6.45) is -3.42. The van der Waals surface area contributed by atoms with Crippen LogP contribution in [-0.4, -0.2) is 106 Å². The number of aromatic nitrogens is 11. The second kappa shape index (κ2) is 10.1. The highest BCUT2D eigenvalue weighted by molar-refractivity contribution is 7.47. The number of nitrogens with two attached hydrogens (primary N) is 2. The molecule has 0 radical (unpaired) electrons. The van der Waals surface area contributed by atoms with Crippen molar-refractivity contribution in [2.45, 2.75) is 55.4 Å². The summed E-state index contributed by atoms with van der Waals surface area (Å²) in [4.78, 5) is 46.0. The van der Waals surface area contributed by atoms with Gasteiger partial charge in [0.2, 0.25) is 5.95 Å². The van der Waals surface area contributed by atoms with E-state index in [9.17, 15) is 24.5 Å². The summed E-state index contributed by atoms with van der Waals surface area (Å²) in [5.41, 5.74) is 12.0. The number of hydrogen-bond acceptors (Lipinski definition) is 17. The van der Waals surface area contributed by atoms with E-state index in [-0.39, 0.29) is 40.5 Å². The average Bonchev–Trinajstić information content (AvgIpc) is 3.81. The Hall–Kier alpha value is -4.41. The van der Waals surface area contributed by atoms with Crippen molar-refractivity contribution < 1.29 is 38.2 Å². The van der Waals surface area contributed by atoms with Gasteiger partial charge in [-0.3, -0.25) is 28.0 Å². The zero-order chi connectivity index (χ0) is 31.2. The van der Waals surface area contributed by atoms with E-state index in [1.807, 2.05) is 0 Å². The number of rotatable bonds is 2. The van der Waals surface area contributed by atoms with E-state index in [0.29, 0.717) is 5.69 Å². The summed E-state index contributed by atoms with van der Waals surface area (Å²) in [5, 5.41) is 31.0. The fraction of sp³-hybridized carbons (Fsp3) is 0.455. The van der Waals surface area contributed by atoms with Crippen molar-refractivity contribution in [2.75, 3.05) is 18.1 Å². The molecule has 0 amide bonds. The molecule has 5 aromatic rings. The predicted molar refractivity (Wildman–Crippen MR) is 146 cm³/mol. The number of phosphoric acid groups is 1. The molecule has 3 aliphatic heterocycles. The first-order valence-electron chi connectivity index (χ1n) is 13.5. The lowest BCUT2D eigenvalue weighted by Crippen LogP contribution is -2.35. The van der Waals surface area contributed by atoms with Gasteiger partial charge in [0.1, 0.15) is 42.3 Å². The lowest BCUT2D eigenvalue weighted by atomic mass is 10.1. The van der Waals surface area contributed by atoms with Gasteiger partial charge >= 0.3 is 7.82 Å². The van der Waals surface area contributed by atoms with Gasteiger partial charge in [0.15, 0.2) is 35.1 Å². The summed E-state index contributed by atoms with van der Waals surface area (Å²) in [5.74, 6) is -0.0546. The zero-order valence-electron chi connectivity index (χ0n) is 22.7. The van der Waals surface area contributed by atoms with E-state index in [1.54, 1.807) is 0 Å². The number of phosphoric ester groups is 1. The second-order valence-electron chi connectivity index (χ2n) is 10.7. The third-order valence-corrected chi connectivity index (χ3v) is 8.95. The molecule has 8 N–H and O–H groups in total. The van der Waals surface area contributed by atoms with Gasteiger partial charge in [-0.05, 0) is 0 Å². The van der Waals surface area contributed by atoms with Gasteiger partial charge in [0, 0.05) is 12.6 Å². The molecule has 4 bridgehead atoms. The highest BCUT2D eigenvalue weighted by Crippen LogP contribution is 2.50. The summed E-state index contributed by atoms with van der Waals surface area (Å²) >= 11 is 0. The van der Waals surface area contributed by atoms with Crippen LogP contribution in [0.3, 0.4) is 0 Å². The maximum Gasteiger partial charge on any atom is 0.472 e. The van der Waals surface area contributed by atoms with E-state index in [4.69, 9.17) is 30.0 Å². The summed E-state index contributed by atoms with van der Waals surface area (Å²) in [7, 11) is -4.91. The van der Waals surface area contributed by atoms with E-state index < -0.39 is 69.0 Å². The standard InChI is InChI=1S/C22H24N13O9P/c23-16-10-17(26-4-25-16)33(5-27-10)21-14(37)15-8(42-21)1-7-2-35(32-31-7)12-13(36)9(3-41-45(39,40)44-15)43-20(12)34-6-28-11-18(34)29-22(24)30-19(11)38/h2,4-6,8-9,12-15,20-21,36-37H,1,3H2,(H,39,40)(H2,23,25,26)(H3,24,29,30,38)/t8-,9-,12?,13?,14?,15?,20-,21-/m1/s1. The first kappa shape index (κ1) is 28.1. The Morgan fingerprint density at radius 2 is 1.73 bits per heavy atom. The third-order valence-electron chi connectivity index (χ3n) is 7.96. The zero-order valence-corrected chi connectivity index (χ0v) is 23.6. The predicted octanol–water partition coefficient (Wildman–Crippen LogP) is -2.47. The molecule has 2 saturated heterocycles. The minimum atomic E-state index is -4.91. The van der Waals surface area contributed by atoms with Crippen LogP contribution in [0.25, 0.3) is 22.3 Å². The number of nitrogens with zero attached hydrogens (tertiary/aromatic N) is 10. The number of fused-ring (bicyclic) bond motifs is 8. The smallest absolute Gasteiger partial charge is 0.388 e. The van der Waals surface area contributed by atoms with E-state index in [1.165, 1.54) is 39.0 Å². The lowest BCUT2D eigenvalue weighted by Gasteiger charge is -2.24. The average molecular weight is 645 g/mol. The van der Waals surface area contributed by atoms with E-state index >= 15 is 0 Å². The number of aliphatic hydroxyl groups is 2. The van der Waals surface area contributed by atoms with E-state index in [2.05, 4.69) is 40.2 Å². The first-order valence-corrected chi connectivity index (χ1v) is 15.0. The number of H-pyrrole nitrogens is 1. The van der Waals surface area contributed by atoms with Crippen molar-refractivity contribution in [3.63, 3.8) is 0 Å². The van der Waals surface area contributed by atoms with Crippen LogP contribution in [0.2, 0.25) is 0 Å². The maximum atomic E-state index is 13.2. The van der Waals surface area contributed by atoms with Crippen LogP contribution in [0.1, 0.15) is 24.2 Å². The van der Waals surface area contributed by atoms with Crippen LogP contribution in [0, 0.1) is 0 Å². The van der Waals surface area contributed by atoms with Crippen LogP contribution in [-0.2, 0) is 29.5 Å². The number of hydrogen-bond donors (Lipinski definition) is 6. The minimum absolute atomic E-state index is 0.0277. The summed E-state index contributed by atoms with van der Waals surface area (Å²) in [6, 6.07) is -1.000. The summed E-state index contributed by atoms with van der Waals surface area (Å²) in [6.45, 7) is -0.619. The van der Waals surface area contributed by atoms with Crippen LogP contribution in [0.5, 0.6) is 0 Å². The molecule has 0 aromatic carbocycles. The number of aromatic amines is 1. The Bertz CT molecular complexity index is 2050. The molecule has 23 heteroatoms. The van der Waals surface area contributed by atoms with Crippen molar-refractivity contribution in [1.29, 1.82) is 0 Å². The van der Waals surface area contributed by atoms with Gasteiger partial charge in [-0.15, -0.1) is 5.10 Å². The number of anilines is 2.